The van der Waals surface area contributed by atoms with Crippen molar-refractivity contribution in [3.8, 4) is 11.3 Å². The van der Waals surface area contributed by atoms with Gasteiger partial charge in [-0.05, 0) is 72.9 Å². The number of nitrogens with zero attached hydrogens (tertiary/aromatic N) is 6. The number of anilines is 2. The van der Waals surface area contributed by atoms with Gasteiger partial charge in [0.15, 0.2) is 5.65 Å². The van der Waals surface area contributed by atoms with Crippen LogP contribution in [0, 0.1) is 0 Å². The molecule has 35 heavy (non-hydrogen) atoms. The van der Waals surface area contributed by atoms with Crippen molar-refractivity contribution in [2.75, 3.05) is 44.8 Å². The molecule has 3 aromatic rings. The van der Waals surface area contributed by atoms with E-state index < -0.39 is 11.7 Å². The summed E-state index contributed by atoms with van der Waals surface area (Å²) in [5.41, 5.74) is 8.52. The molecular formula is C25H36N8O2. The molecule has 1 saturated heterocycles. The van der Waals surface area contributed by atoms with Crippen LogP contribution in [0.2, 0.25) is 0 Å². The standard InChI is InChI=1S/C25H36N8O2/c1-25(2,3)35-24(34)29-18-8-6-7-17(15-18)21-20-22(26)27-16-28-23(20)33(30-21)14-13-32-11-9-19(10-12-32)31(4)5/h6-8,15-16,19H,9-14H2,1-5H3,(H,29,34)(H2,26,27,28). The van der Waals surface area contributed by atoms with Crippen LogP contribution in [0.5, 0.6) is 0 Å². The fraction of sp³-hybridized carbons (Fsp3) is 0.520. The molecule has 1 aliphatic heterocycles. The molecule has 1 aliphatic rings. The fourth-order valence-corrected chi connectivity index (χ4v) is 4.45. The van der Waals surface area contributed by atoms with E-state index in [1.54, 1.807) is 0 Å². The summed E-state index contributed by atoms with van der Waals surface area (Å²) in [7, 11) is 4.31. The number of carbonyl (C=O) groups is 1. The zero-order chi connectivity index (χ0) is 25.2. The summed E-state index contributed by atoms with van der Waals surface area (Å²) in [5.74, 6) is 0.383. The average molecular weight is 481 g/mol. The molecule has 3 heterocycles. The van der Waals surface area contributed by atoms with Gasteiger partial charge in [-0.3, -0.25) is 5.32 Å². The van der Waals surface area contributed by atoms with Crippen LogP contribution in [0.15, 0.2) is 30.6 Å². The molecule has 0 radical (unpaired) electrons. The number of nitrogens with two attached hydrogens (primary N) is 1. The number of likely N-dealkylation sites (tertiary alicyclic amines) is 1. The van der Waals surface area contributed by atoms with Crippen molar-refractivity contribution >= 4 is 28.6 Å². The van der Waals surface area contributed by atoms with Crippen molar-refractivity contribution in [3.63, 3.8) is 0 Å². The van der Waals surface area contributed by atoms with Gasteiger partial charge in [-0.15, -0.1) is 0 Å². The molecule has 1 amide bonds. The van der Waals surface area contributed by atoms with Gasteiger partial charge in [-0.25, -0.2) is 19.4 Å². The molecule has 2 aromatic heterocycles. The molecule has 0 unspecified atom stereocenters. The van der Waals surface area contributed by atoms with E-state index in [0.29, 0.717) is 40.8 Å². The van der Waals surface area contributed by atoms with Crippen molar-refractivity contribution in [3.05, 3.63) is 30.6 Å². The first-order chi connectivity index (χ1) is 16.6. The van der Waals surface area contributed by atoms with E-state index in [2.05, 4.69) is 39.2 Å². The maximum Gasteiger partial charge on any atom is 0.412 e. The lowest BCUT2D eigenvalue weighted by atomic mass is 10.0. The Labute approximate surface area is 206 Å². The smallest absolute Gasteiger partial charge is 0.412 e. The van der Waals surface area contributed by atoms with Crippen molar-refractivity contribution in [2.24, 2.45) is 0 Å². The van der Waals surface area contributed by atoms with E-state index in [1.807, 2.05) is 49.7 Å². The summed E-state index contributed by atoms with van der Waals surface area (Å²) in [4.78, 5) is 25.7. The average Bonchev–Trinajstić information content (AvgIpc) is 3.17. The van der Waals surface area contributed by atoms with Crippen LogP contribution in [-0.2, 0) is 11.3 Å². The Morgan fingerprint density at radius 2 is 1.94 bits per heavy atom. The number of nitrogens with one attached hydrogen (secondary N) is 1. The van der Waals surface area contributed by atoms with Crippen molar-refractivity contribution in [1.29, 1.82) is 0 Å². The van der Waals surface area contributed by atoms with E-state index in [1.165, 1.54) is 19.2 Å². The fourth-order valence-electron chi connectivity index (χ4n) is 4.45. The summed E-state index contributed by atoms with van der Waals surface area (Å²) >= 11 is 0. The summed E-state index contributed by atoms with van der Waals surface area (Å²) in [6, 6.07) is 8.11. The SMILES string of the molecule is CN(C)C1CCN(CCn2nc(-c3cccc(NC(=O)OC(C)(C)C)c3)c3c(N)ncnc32)CC1. The molecule has 1 fully saturated rings. The Kier molecular flexibility index (Phi) is 7.23. The molecule has 0 aliphatic carbocycles. The predicted octanol–water partition coefficient (Wildman–Crippen LogP) is 3.45. The molecule has 0 spiro atoms. The second-order valence-corrected chi connectivity index (χ2v) is 10.3. The van der Waals surface area contributed by atoms with E-state index in [0.717, 1.165) is 25.2 Å². The zero-order valence-corrected chi connectivity index (χ0v) is 21.3. The van der Waals surface area contributed by atoms with Gasteiger partial charge in [0.2, 0.25) is 0 Å². The number of piperidine rings is 1. The quantitative estimate of drug-likeness (QED) is 0.551. The zero-order valence-electron chi connectivity index (χ0n) is 21.3. The molecule has 0 bridgehead atoms. The van der Waals surface area contributed by atoms with Gasteiger partial charge in [0.05, 0.1) is 11.9 Å². The highest BCUT2D eigenvalue weighted by molar-refractivity contribution is 5.99. The Morgan fingerprint density at radius 3 is 2.63 bits per heavy atom. The lowest BCUT2D eigenvalue weighted by molar-refractivity contribution is 0.0636. The van der Waals surface area contributed by atoms with Crippen molar-refractivity contribution < 1.29 is 9.53 Å². The van der Waals surface area contributed by atoms with Crippen LogP contribution in [0.3, 0.4) is 0 Å². The number of amides is 1. The molecule has 10 nitrogen and oxygen atoms in total. The molecule has 0 atom stereocenters. The van der Waals surface area contributed by atoms with Gasteiger partial charge in [-0.1, -0.05) is 12.1 Å². The number of nitrogen functional groups attached to an aromatic ring is 1. The van der Waals surface area contributed by atoms with Gasteiger partial charge in [0, 0.05) is 23.8 Å². The van der Waals surface area contributed by atoms with Gasteiger partial charge in [-0.2, -0.15) is 5.10 Å². The van der Waals surface area contributed by atoms with Gasteiger partial charge >= 0.3 is 6.09 Å². The van der Waals surface area contributed by atoms with Gasteiger partial charge in [0.1, 0.15) is 23.4 Å². The topological polar surface area (TPSA) is 114 Å². The number of aromatic nitrogens is 4. The van der Waals surface area contributed by atoms with Gasteiger partial charge in [0.25, 0.3) is 0 Å². The first-order valence-electron chi connectivity index (χ1n) is 12.1. The summed E-state index contributed by atoms with van der Waals surface area (Å²) in [6.07, 6.45) is 3.31. The monoisotopic (exact) mass is 480 g/mol. The van der Waals surface area contributed by atoms with Crippen molar-refractivity contribution in [2.45, 2.75) is 51.8 Å². The summed E-state index contributed by atoms with van der Waals surface area (Å²) < 4.78 is 7.28. The Morgan fingerprint density at radius 1 is 1.20 bits per heavy atom. The second-order valence-electron chi connectivity index (χ2n) is 10.3. The van der Waals surface area contributed by atoms with Crippen LogP contribution in [0.25, 0.3) is 22.3 Å². The van der Waals surface area contributed by atoms with E-state index in [-0.39, 0.29) is 0 Å². The number of fused-ring (bicyclic) bond motifs is 1. The minimum Gasteiger partial charge on any atom is -0.444 e. The largest absolute Gasteiger partial charge is 0.444 e. The summed E-state index contributed by atoms with van der Waals surface area (Å²) in [5, 5.41) is 8.39. The van der Waals surface area contributed by atoms with Crippen LogP contribution in [0.1, 0.15) is 33.6 Å². The van der Waals surface area contributed by atoms with Crippen LogP contribution >= 0.6 is 0 Å². The number of rotatable bonds is 6. The molecule has 0 saturated carbocycles. The minimum atomic E-state index is -0.579. The molecule has 3 N–H and O–H groups in total. The molecule has 188 valence electrons. The van der Waals surface area contributed by atoms with Crippen LogP contribution in [-0.4, -0.2) is 81.0 Å². The molecular weight excluding hydrogens is 444 g/mol. The third-order valence-corrected chi connectivity index (χ3v) is 6.26. The highest BCUT2D eigenvalue weighted by atomic mass is 16.6. The van der Waals surface area contributed by atoms with Gasteiger partial charge < -0.3 is 20.3 Å². The van der Waals surface area contributed by atoms with Crippen LogP contribution < -0.4 is 11.1 Å². The number of benzene rings is 1. The molecule has 1 aromatic carbocycles. The Hall–Kier alpha value is -3.24. The van der Waals surface area contributed by atoms with E-state index in [4.69, 9.17) is 15.6 Å². The third kappa shape index (κ3) is 6.07. The normalized spacial score (nSPS) is 15.6. The minimum absolute atomic E-state index is 0.383. The first kappa shape index (κ1) is 24.9. The Bertz CT molecular complexity index is 1180. The molecule has 10 heteroatoms. The second kappa shape index (κ2) is 10.2. The first-order valence-corrected chi connectivity index (χ1v) is 12.1. The third-order valence-electron chi connectivity index (χ3n) is 6.26. The summed E-state index contributed by atoms with van der Waals surface area (Å²) in [6.45, 7) is 9.23. The number of hydrogen-bond acceptors (Lipinski definition) is 8. The van der Waals surface area contributed by atoms with E-state index >= 15 is 0 Å². The lowest BCUT2D eigenvalue weighted by Crippen LogP contribution is -2.42. The van der Waals surface area contributed by atoms with Crippen molar-refractivity contribution in [1.82, 2.24) is 29.5 Å². The number of carbonyl (C=O) groups excluding carboxylic acids is 1. The lowest BCUT2D eigenvalue weighted by Gasteiger charge is -2.35. The predicted molar refractivity (Wildman–Crippen MR) is 138 cm³/mol. The maximum absolute atomic E-state index is 12.2. The molecule has 4 rings (SSSR count). The highest BCUT2D eigenvalue weighted by Gasteiger charge is 2.22. The maximum atomic E-state index is 12.2. The Balaban J connectivity index is 1.55. The van der Waals surface area contributed by atoms with E-state index in [9.17, 15) is 4.79 Å². The van der Waals surface area contributed by atoms with Crippen LogP contribution in [0.4, 0.5) is 16.3 Å². The highest BCUT2D eigenvalue weighted by Crippen LogP contribution is 2.31. The number of hydrogen-bond donors (Lipinski definition) is 2. The number of ether oxygens (including phenoxy) is 1.